The Hall–Kier alpha value is -2.16. The predicted molar refractivity (Wildman–Crippen MR) is 66.3 cm³/mol. The zero-order chi connectivity index (χ0) is 12.4. The molecule has 0 fully saturated rings. The molecule has 0 aliphatic heterocycles. The van der Waals surface area contributed by atoms with Gasteiger partial charge in [0.2, 0.25) is 0 Å². The zero-order valence-corrected chi connectivity index (χ0v) is 9.08. The van der Waals surface area contributed by atoms with Crippen LogP contribution in [-0.2, 0) is 0 Å². The Morgan fingerprint density at radius 2 is 1.71 bits per heavy atom. The van der Waals surface area contributed by atoms with Crippen LogP contribution in [0.1, 0.15) is 5.56 Å². The van der Waals surface area contributed by atoms with E-state index in [9.17, 15) is 8.78 Å². The Bertz CT molecular complexity index is 576. The van der Waals surface area contributed by atoms with Crippen molar-refractivity contribution >= 4 is 11.8 Å². The lowest BCUT2D eigenvalue weighted by Gasteiger charge is -2.08. The van der Waals surface area contributed by atoms with E-state index in [1.165, 1.54) is 6.07 Å². The van der Waals surface area contributed by atoms with E-state index in [-0.39, 0.29) is 11.3 Å². The van der Waals surface area contributed by atoms with Crippen molar-refractivity contribution in [3.8, 4) is 11.1 Å². The number of nitrogen functional groups attached to an aromatic ring is 1. The van der Waals surface area contributed by atoms with Crippen molar-refractivity contribution < 1.29 is 8.78 Å². The summed E-state index contributed by atoms with van der Waals surface area (Å²) >= 11 is 0. The van der Waals surface area contributed by atoms with Gasteiger partial charge in [-0.3, -0.25) is 0 Å². The van der Waals surface area contributed by atoms with E-state index in [1.54, 1.807) is 24.3 Å². The lowest BCUT2D eigenvalue weighted by Crippen LogP contribution is -1.95. The lowest BCUT2D eigenvalue weighted by molar-refractivity contribution is 0.588. The van der Waals surface area contributed by atoms with Gasteiger partial charge < -0.3 is 5.73 Å². The van der Waals surface area contributed by atoms with Gasteiger partial charge in [-0.05, 0) is 17.2 Å². The molecule has 2 aromatic rings. The Morgan fingerprint density at radius 3 is 2.41 bits per heavy atom. The van der Waals surface area contributed by atoms with Crippen molar-refractivity contribution in [1.82, 2.24) is 0 Å². The molecule has 2 aromatic carbocycles. The maximum absolute atomic E-state index is 13.7. The molecule has 0 spiro atoms. The molecule has 0 saturated carbocycles. The second-order valence-electron chi connectivity index (χ2n) is 3.64. The van der Waals surface area contributed by atoms with Crippen molar-refractivity contribution in [2.24, 2.45) is 0 Å². The van der Waals surface area contributed by atoms with Crippen molar-refractivity contribution in [1.29, 1.82) is 0 Å². The number of benzene rings is 2. The highest BCUT2D eigenvalue weighted by Crippen LogP contribution is 2.29. The summed E-state index contributed by atoms with van der Waals surface area (Å²) in [4.78, 5) is 0. The highest BCUT2D eigenvalue weighted by molar-refractivity contribution is 5.77. The highest BCUT2D eigenvalue weighted by Gasteiger charge is 2.11. The number of nitrogens with two attached hydrogens (primary N) is 1. The Balaban J connectivity index is 2.68. The summed E-state index contributed by atoms with van der Waals surface area (Å²) in [6.45, 7) is 3.66. The van der Waals surface area contributed by atoms with Gasteiger partial charge >= 0.3 is 0 Å². The molecule has 0 saturated heterocycles. The first kappa shape index (κ1) is 11.3. The summed E-state index contributed by atoms with van der Waals surface area (Å²) in [5.41, 5.74) is 7.08. The third-order valence-corrected chi connectivity index (χ3v) is 2.56. The first-order valence-corrected chi connectivity index (χ1v) is 5.10. The van der Waals surface area contributed by atoms with Gasteiger partial charge in [-0.15, -0.1) is 0 Å². The van der Waals surface area contributed by atoms with Gasteiger partial charge in [0.15, 0.2) is 0 Å². The molecule has 0 amide bonds. The number of hydrogen-bond donors (Lipinski definition) is 1. The molecule has 17 heavy (non-hydrogen) atoms. The molecule has 86 valence electrons. The summed E-state index contributed by atoms with van der Waals surface area (Å²) in [6, 6.07) is 9.25. The van der Waals surface area contributed by atoms with Gasteiger partial charge in [0.05, 0.1) is 5.69 Å². The summed E-state index contributed by atoms with van der Waals surface area (Å²) in [5.74, 6) is -1.38. The SMILES string of the molecule is C=Cc1ccccc1-c1cc(N)c(F)cc1F. The molecule has 0 aliphatic rings. The molecular weight excluding hydrogens is 220 g/mol. The second kappa shape index (κ2) is 4.37. The molecule has 2 N–H and O–H groups in total. The largest absolute Gasteiger partial charge is 0.396 e. The molecule has 0 aromatic heterocycles. The normalized spacial score (nSPS) is 10.2. The summed E-state index contributed by atoms with van der Waals surface area (Å²) in [5, 5.41) is 0. The standard InChI is InChI=1S/C14H11F2N/c1-2-9-5-3-4-6-10(9)11-7-14(17)13(16)8-12(11)15/h2-8H,1,17H2. The van der Waals surface area contributed by atoms with Crippen LogP contribution in [-0.4, -0.2) is 0 Å². The van der Waals surface area contributed by atoms with Crippen LogP contribution >= 0.6 is 0 Å². The molecule has 0 atom stereocenters. The summed E-state index contributed by atoms with van der Waals surface area (Å²) in [6.07, 6.45) is 1.62. The van der Waals surface area contributed by atoms with Crippen LogP contribution in [0.3, 0.4) is 0 Å². The molecule has 0 bridgehead atoms. The maximum atomic E-state index is 13.7. The van der Waals surface area contributed by atoms with Gasteiger partial charge in [-0.25, -0.2) is 8.78 Å². The van der Waals surface area contributed by atoms with E-state index >= 15 is 0 Å². The van der Waals surface area contributed by atoms with Gasteiger partial charge in [0.25, 0.3) is 0 Å². The monoisotopic (exact) mass is 231 g/mol. The molecule has 0 radical (unpaired) electrons. The van der Waals surface area contributed by atoms with E-state index in [0.29, 0.717) is 5.56 Å². The van der Waals surface area contributed by atoms with Crippen LogP contribution in [0.5, 0.6) is 0 Å². The van der Waals surface area contributed by atoms with Gasteiger partial charge in [-0.1, -0.05) is 36.9 Å². The fraction of sp³-hybridized carbons (Fsp3) is 0. The third-order valence-electron chi connectivity index (χ3n) is 2.56. The molecule has 3 heteroatoms. The first-order chi connectivity index (χ1) is 8.13. The summed E-state index contributed by atoms with van der Waals surface area (Å²) < 4.78 is 26.8. The third kappa shape index (κ3) is 2.04. The zero-order valence-electron chi connectivity index (χ0n) is 9.08. The highest BCUT2D eigenvalue weighted by atomic mass is 19.1. The van der Waals surface area contributed by atoms with E-state index in [1.807, 2.05) is 6.07 Å². The van der Waals surface area contributed by atoms with Crippen LogP contribution in [0.4, 0.5) is 14.5 Å². The van der Waals surface area contributed by atoms with Gasteiger partial charge in [0.1, 0.15) is 11.6 Å². The molecule has 0 heterocycles. The van der Waals surface area contributed by atoms with Crippen LogP contribution in [0, 0.1) is 11.6 Å². The van der Waals surface area contributed by atoms with Crippen molar-refractivity contribution in [3.05, 3.63) is 60.2 Å². The smallest absolute Gasteiger partial charge is 0.149 e. The fourth-order valence-corrected chi connectivity index (χ4v) is 1.69. The van der Waals surface area contributed by atoms with Crippen LogP contribution in [0.2, 0.25) is 0 Å². The second-order valence-corrected chi connectivity index (χ2v) is 3.64. The number of rotatable bonds is 2. The molecular formula is C14H11F2N. The van der Waals surface area contributed by atoms with Gasteiger partial charge in [0, 0.05) is 11.6 Å². The minimum atomic E-state index is -0.748. The van der Waals surface area contributed by atoms with Crippen molar-refractivity contribution in [2.75, 3.05) is 5.73 Å². The van der Waals surface area contributed by atoms with Crippen molar-refractivity contribution in [2.45, 2.75) is 0 Å². The first-order valence-electron chi connectivity index (χ1n) is 5.10. The lowest BCUT2D eigenvalue weighted by atomic mass is 9.98. The number of hydrogen-bond acceptors (Lipinski definition) is 1. The quantitative estimate of drug-likeness (QED) is 0.780. The summed E-state index contributed by atoms with van der Waals surface area (Å²) in [7, 11) is 0. The molecule has 0 aliphatic carbocycles. The van der Waals surface area contributed by atoms with Crippen molar-refractivity contribution in [3.63, 3.8) is 0 Å². The van der Waals surface area contributed by atoms with E-state index < -0.39 is 11.6 Å². The molecule has 2 rings (SSSR count). The van der Waals surface area contributed by atoms with E-state index in [4.69, 9.17) is 5.73 Å². The maximum Gasteiger partial charge on any atom is 0.149 e. The predicted octanol–water partition coefficient (Wildman–Crippen LogP) is 3.86. The van der Waals surface area contributed by atoms with E-state index in [0.717, 1.165) is 11.6 Å². The van der Waals surface area contributed by atoms with Crippen LogP contribution in [0.25, 0.3) is 17.2 Å². The number of anilines is 1. The molecule has 1 nitrogen and oxygen atoms in total. The van der Waals surface area contributed by atoms with Crippen LogP contribution in [0.15, 0.2) is 43.0 Å². The Kier molecular flexibility index (Phi) is 2.91. The van der Waals surface area contributed by atoms with Gasteiger partial charge in [-0.2, -0.15) is 0 Å². The number of halogens is 2. The average Bonchev–Trinajstić information content (AvgIpc) is 2.34. The average molecular weight is 231 g/mol. The Morgan fingerprint density at radius 1 is 1.00 bits per heavy atom. The minimum absolute atomic E-state index is 0.0692. The fourth-order valence-electron chi connectivity index (χ4n) is 1.69. The topological polar surface area (TPSA) is 26.0 Å². The Labute approximate surface area is 98.2 Å². The minimum Gasteiger partial charge on any atom is -0.396 e. The molecule has 0 unspecified atom stereocenters. The van der Waals surface area contributed by atoms with E-state index in [2.05, 4.69) is 6.58 Å². The van der Waals surface area contributed by atoms with Crippen LogP contribution < -0.4 is 5.73 Å².